The van der Waals surface area contributed by atoms with Gasteiger partial charge >= 0.3 is 5.97 Å². The van der Waals surface area contributed by atoms with E-state index in [1.54, 1.807) is 18.2 Å². The van der Waals surface area contributed by atoms with Crippen LogP contribution < -0.4 is 0 Å². The molecule has 0 bridgehead atoms. The van der Waals surface area contributed by atoms with Crippen LogP contribution in [-0.2, 0) is 28.0 Å². The zero-order valence-corrected chi connectivity index (χ0v) is 12.5. The Balaban J connectivity index is 2.13. The van der Waals surface area contributed by atoms with Gasteiger partial charge < -0.3 is 10.2 Å². The highest BCUT2D eigenvalue weighted by atomic mass is 32.2. The van der Waals surface area contributed by atoms with Crippen molar-refractivity contribution in [2.75, 3.05) is 20.1 Å². The molecule has 8 heteroatoms. The maximum absolute atomic E-state index is 12.4. The maximum atomic E-state index is 12.4. The third-order valence-electron chi connectivity index (χ3n) is 3.53. The Morgan fingerprint density at radius 2 is 2.10 bits per heavy atom. The molecular formula is C13H18N2O5S. The molecule has 0 saturated carbocycles. The van der Waals surface area contributed by atoms with Crippen LogP contribution in [0.25, 0.3) is 0 Å². The lowest BCUT2D eigenvalue weighted by molar-refractivity contribution is -0.137. The Labute approximate surface area is 123 Å². The van der Waals surface area contributed by atoms with E-state index in [1.165, 1.54) is 11.4 Å². The highest BCUT2D eigenvalue weighted by Crippen LogP contribution is 2.25. The highest BCUT2D eigenvalue weighted by Gasteiger charge is 2.30. The maximum Gasteiger partial charge on any atom is 0.304 e. The Hall–Kier alpha value is -1.64. The first-order valence-electron chi connectivity index (χ1n) is 6.54. The summed E-state index contributed by atoms with van der Waals surface area (Å²) in [5.74, 6) is -0.932. The van der Waals surface area contributed by atoms with Crippen LogP contribution in [0.1, 0.15) is 17.5 Å². The second-order valence-electron chi connectivity index (χ2n) is 5.01. The molecule has 0 saturated heterocycles. The highest BCUT2D eigenvalue weighted by molar-refractivity contribution is 7.86. The molecule has 1 aromatic carbocycles. The summed E-state index contributed by atoms with van der Waals surface area (Å²) < 4.78 is 27.1. The van der Waals surface area contributed by atoms with Gasteiger partial charge in [0.15, 0.2) is 0 Å². The molecule has 116 valence electrons. The number of rotatable bonds is 5. The van der Waals surface area contributed by atoms with E-state index in [1.807, 2.05) is 0 Å². The molecule has 0 aliphatic carbocycles. The van der Waals surface area contributed by atoms with Gasteiger partial charge in [-0.1, -0.05) is 6.07 Å². The van der Waals surface area contributed by atoms with Crippen molar-refractivity contribution in [3.05, 3.63) is 29.3 Å². The first kappa shape index (κ1) is 15.7. The number of hydrogen-bond donors (Lipinski definition) is 2. The number of carboxylic acid groups (broad SMARTS) is 1. The summed E-state index contributed by atoms with van der Waals surface area (Å²) in [5, 5.41) is 18.1. The van der Waals surface area contributed by atoms with Crippen LogP contribution in [-0.4, -0.2) is 53.3 Å². The molecule has 1 heterocycles. The molecule has 0 spiro atoms. The second-order valence-corrected chi connectivity index (χ2v) is 7.05. The SMILES string of the molecule is CN(CCC(=O)O)S(=O)(=O)N1CCc2ccc(O)cc2C1. The van der Waals surface area contributed by atoms with Crippen molar-refractivity contribution in [3.63, 3.8) is 0 Å². The van der Waals surface area contributed by atoms with E-state index < -0.39 is 16.2 Å². The number of phenols is 1. The zero-order valence-electron chi connectivity index (χ0n) is 11.7. The normalized spacial score (nSPS) is 15.9. The van der Waals surface area contributed by atoms with E-state index >= 15 is 0 Å². The van der Waals surface area contributed by atoms with Gasteiger partial charge in [-0.3, -0.25) is 4.79 Å². The quantitative estimate of drug-likeness (QED) is 0.820. The fraction of sp³-hybridized carbons (Fsp3) is 0.462. The molecule has 0 radical (unpaired) electrons. The van der Waals surface area contributed by atoms with Gasteiger partial charge in [0, 0.05) is 26.7 Å². The first-order valence-corrected chi connectivity index (χ1v) is 7.94. The molecule has 2 N–H and O–H groups in total. The van der Waals surface area contributed by atoms with Gasteiger partial charge in [-0.15, -0.1) is 0 Å². The second kappa shape index (κ2) is 6.00. The summed E-state index contributed by atoms with van der Waals surface area (Å²) in [5.41, 5.74) is 1.80. The molecule has 0 atom stereocenters. The number of fused-ring (bicyclic) bond motifs is 1. The first-order chi connectivity index (χ1) is 9.80. The average molecular weight is 314 g/mol. The number of hydrogen-bond acceptors (Lipinski definition) is 4. The van der Waals surface area contributed by atoms with Crippen LogP contribution in [0.15, 0.2) is 18.2 Å². The van der Waals surface area contributed by atoms with E-state index in [0.717, 1.165) is 15.4 Å². The molecule has 21 heavy (non-hydrogen) atoms. The zero-order chi connectivity index (χ0) is 15.6. The Morgan fingerprint density at radius 3 is 2.76 bits per heavy atom. The summed E-state index contributed by atoms with van der Waals surface area (Å²) in [6.45, 7) is 0.460. The molecule has 1 aliphatic heterocycles. The molecule has 0 unspecified atom stereocenters. The van der Waals surface area contributed by atoms with Crippen molar-refractivity contribution < 1.29 is 23.4 Å². The number of benzene rings is 1. The molecule has 0 fully saturated rings. The molecular weight excluding hydrogens is 296 g/mol. The number of aromatic hydroxyl groups is 1. The number of phenolic OH excluding ortho intramolecular Hbond substituents is 1. The largest absolute Gasteiger partial charge is 0.508 e. The van der Waals surface area contributed by atoms with Gasteiger partial charge in [0.1, 0.15) is 5.75 Å². The monoisotopic (exact) mass is 314 g/mol. The lowest BCUT2D eigenvalue weighted by atomic mass is 10.0. The van der Waals surface area contributed by atoms with E-state index in [4.69, 9.17) is 5.11 Å². The van der Waals surface area contributed by atoms with Gasteiger partial charge in [-0.05, 0) is 29.7 Å². The van der Waals surface area contributed by atoms with E-state index in [2.05, 4.69) is 0 Å². The summed E-state index contributed by atoms with van der Waals surface area (Å²) in [6, 6.07) is 4.94. The van der Waals surface area contributed by atoms with Crippen molar-refractivity contribution >= 4 is 16.2 Å². The smallest absolute Gasteiger partial charge is 0.304 e. The number of carboxylic acids is 1. The minimum atomic E-state index is -3.69. The predicted molar refractivity (Wildman–Crippen MR) is 76.0 cm³/mol. The van der Waals surface area contributed by atoms with E-state index in [0.29, 0.717) is 13.0 Å². The van der Waals surface area contributed by atoms with Gasteiger partial charge in [-0.25, -0.2) is 0 Å². The molecule has 7 nitrogen and oxygen atoms in total. The minimum absolute atomic E-state index is 0.0684. The number of aliphatic carboxylic acids is 1. The average Bonchev–Trinajstić information content (AvgIpc) is 2.43. The van der Waals surface area contributed by atoms with Crippen LogP contribution >= 0.6 is 0 Å². The summed E-state index contributed by atoms with van der Waals surface area (Å²) in [6.07, 6.45) is 0.336. The van der Waals surface area contributed by atoms with Crippen LogP contribution in [0.2, 0.25) is 0 Å². The van der Waals surface area contributed by atoms with Gasteiger partial charge in [0.2, 0.25) is 0 Å². The molecule has 1 aliphatic rings. The Bertz CT molecular complexity index is 644. The topological polar surface area (TPSA) is 98.2 Å². The van der Waals surface area contributed by atoms with E-state index in [9.17, 15) is 18.3 Å². The van der Waals surface area contributed by atoms with Crippen molar-refractivity contribution in [1.82, 2.24) is 8.61 Å². The van der Waals surface area contributed by atoms with Crippen molar-refractivity contribution in [1.29, 1.82) is 0 Å². The van der Waals surface area contributed by atoms with Crippen LogP contribution in [0.4, 0.5) is 0 Å². The number of carbonyl (C=O) groups is 1. The minimum Gasteiger partial charge on any atom is -0.508 e. The summed E-state index contributed by atoms with van der Waals surface area (Å²) in [4.78, 5) is 10.5. The Morgan fingerprint density at radius 1 is 1.38 bits per heavy atom. The molecule has 0 aromatic heterocycles. The van der Waals surface area contributed by atoms with Crippen LogP contribution in [0, 0.1) is 0 Å². The van der Waals surface area contributed by atoms with Gasteiger partial charge in [0.05, 0.1) is 6.42 Å². The summed E-state index contributed by atoms with van der Waals surface area (Å²) >= 11 is 0. The third kappa shape index (κ3) is 3.52. The van der Waals surface area contributed by atoms with Gasteiger partial charge in [0.25, 0.3) is 10.2 Å². The van der Waals surface area contributed by atoms with Crippen LogP contribution in [0.5, 0.6) is 5.75 Å². The Kier molecular flexibility index (Phi) is 4.50. The van der Waals surface area contributed by atoms with Crippen molar-refractivity contribution in [3.8, 4) is 5.75 Å². The fourth-order valence-electron chi connectivity index (χ4n) is 2.28. The fourth-order valence-corrected chi connectivity index (χ4v) is 3.62. The van der Waals surface area contributed by atoms with Crippen molar-refractivity contribution in [2.24, 2.45) is 0 Å². The summed E-state index contributed by atoms with van der Waals surface area (Å²) in [7, 11) is -2.32. The lowest BCUT2D eigenvalue weighted by Crippen LogP contribution is -2.44. The number of nitrogens with zero attached hydrogens (tertiary/aromatic N) is 2. The predicted octanol–water partition coefficient (Wildman–Crippen LogP) is 0.402. The lowest BCUT2D eigenvalue weighted by Gasteiger charge is -2.31. The van der Waals surface area contributed by atoms with Gasteiger partial charge in [-0.2, -0.15) is 17.0 Å². The standard InChI is InChI=1S/C13H18N2O5S/c1-14(6-5-13(17)18)21(19,20)15-7-4-10-2-3-12(16)8-11(10)9-15/h2-3,8,16H,4-7,9H2,1H3,(H,17,18). The van der Waals surface area contributed by atoms with Crippen molar-refractivity contribution in [2.45, 2.75) is 19.4 Å². The molecule has 0 amide bonds. The molecule has 2 rings (SSSR count). The molecule has 1 aromatic rings. The van der Waals surface area contributed by atoms with Crippen LogP contribution in [0.3, 0.4) is 0 Å². The third-order valence-corrected chi connectivity index (χ3v) is 5.46. The van der Waals surface area contributed by atoms with E-state index in [-0.39, 0.29) is 25.3 Å².